The summed E-state index contributed by atoms with van der Waals surface area (Å²) in [5.74, 6) is -0.839. The quantitative estimate of drug-likeness (QED) is 0.598. The standard InChI is InChI=1S/C10H20N2O4/c1-12(7-3-5-9(13)14)10(15)11-6-4-8-16-2/h3-8H2,1-2H3,(H,11,15)(H,13,14). The molecular formula is C10H20N2O4. The molecule has 6 heteroatoms. The molecular weight excluding hydrogens is 212 g/mol. The van der Waals surface area contributed by atoms with Crippen LogP contribution in [0, 0.1) is 0 Å². The third-order valence-corrected chi connectivity index (χ3v) is 2.03. The Morgan fingerprint density at radius 3 is 2.62 bits per heavy atom. The predicted octanol–water partition coefficient (Wildman–Crippen LogP) is 0.529. The highest BCUT2D eigenvalue weighted by Crippen LogP contribution is 1.93. The van der Waals surface area contributed by atoms with Gasteiger partial charge in [0.1, 0.15) is 0 Å². The van der Waals surface area contributed by atoms with Crippen molar-refractivity contribution in [3.05, 3.63) is 0 Å². The van der Waals surface area contributed by atoms with Crippen molar-refractivity contribution in [1.29, 1.82) is 0 Å². The van der Waals surface area contributed by atoms with Gasteiger partial charge in [0, 0.05) is 40.3 Å². The van der Waals surface area contributed by atoms with Crippen molar-refractivity contribution in [3.63, 3.8) is 0 Å². The zero-order valence-electron chi connectivity index (χ0n) is 9.86. The van der Waals surface area contributed by atoms with Gasteiger partial charge in [0.2, 0.25) is 0 Å². The molecule has 0 radical (unpaired) electrons. The minimum atomic E-state index is -0.839. The molecule has 0 aliphatic carbocycles. The summed E-state index contributed by atoms with van der Waals surface area (Å²) in [7, 11) is 3.26. The summed E-state index contributed by atoms with van der Waals surface area (Å²) < 4.78 is 4.85. The van der Waals surface area contributed by atoms with Crippen LogP contribution in [0.15, 0.2) is 0 Å². The summed E-state index contributed by atoms with van der Waals surface area (Å²) in [6, 6.07) is -0.179. The van der Waals surface area contributed by atoms with E-state index >= 15 is 0 Å². The average molecular weight is 232 g/mol. The summed E-state index contributed by atoms with van der Waals surface area (Å²) >= 11 is 0. The van der Waals surface area contributed by atoms with E-state index in [1.54, 1.807) is 14.2 Å². The third-order valence-electron chi connectivity index (χ3n) is 2.03. The summed E-state index contributed by atoms with van der Waals surface area (Å²) in [4.78, 5) is 23.2. The van der Waals surface area contributed by atoms with Gasteiger partial charge in [0.05, 0.1) is 0 Å². The highest BCUT2D eigenvalue weighted by molar-refractivity contribution is 5.73. The number of hydrogen-bond acceptors (Lipinski definition) is 3. The number of amides is 2. The average Bonchev–Trinajstić information content (AvgIpc) is 2.23. The zero-order chi connectivity index (χ0) is 12.4. The minimum absolute atomic E-state index is 0.0846. The number of rotatable bonds is 8. The lowest BCUT2D eigenvalue weighted by molar-refractivity contribution is -0.137. The highest BCUT2D eigenvalue weighted by atomic mass is 16.5. The first-order valence-corrected chi connectivity index (χ1v) is 5.27. The van der Waals surface area contributed by atoms with Crippen molar-refractivity contribution >= 4 is 12.0 Å². The van der Waals surface area contributed by atoms with E-state index in [1.165, 1.54) is 4.90 Å². The van der Waals surface area contributed by atoms with Gasteiger partial charge >= 0.3 is 12.0 Å². The number of urea groups is 1. The molecule has 0 aromatic heterocycles. The van der Waals surface area contributed by atoms with Crippen molar-refractivity contribution in [3.8, 4) is 0 Å². The lowest BCUT2D eigenvalue weighted by Gasteiger charge is -2.17. The second kappa shape index (κ2) is 8.96. The maximum Gasteiger partial charge on any atom is 0.317 e. The van der Waals surface area contributed by atoms with E-state index < -0.39 is 5.97 Å². The lowest BCUT2D eigenvalue weighted by atomic mass is 10.3. The van der Waals surface area contributed by atoms with Gasteiger partial charge < -0.3 is 20.1 Å². The Hall–Kier alpha value is -1.30. The number of carbonyl (C=O) groups excluding carboxylic acids is 1. The largest absolute Gasteiger partial charge is 0.481 e. The summed E-state index contributed by atoms with van der Waals surface area (Å²) in [6.07, 6.45) is 1.32. The van der Waals surface area contributed by atoms with E-state index in [4.69, 9.17) is 9.84 Å². The SMILES string of the molecule is COCCCNC(=O)N(C)CCCC(=O)O. The van der Waals surface area contributed by atoms with Gasteiger partial charge in [-0.15, -0.1) is 0 Å². The van der Waals surface area contributed by atoms with Crippen molar-refractivity contribution in [1.82, 2.24) is 10.2 Å². The topological polar surface area (TPSA) is 78.9 Å². The molecule has 0 spiro atoms. The summed E-state index contributed by atoms with van der Waals surface area (Å²) in [5, 5.41) is 11.1. The summed E-state index contributed by atoms with van der Waals surface area (Å²) in [5.41, 5.74) is 0. The molecule has 0 aliphatic heterocycles. The fourth-order valence-corrected chi connectivity index (χ4v) is 1.12. The fourth-order valence-electron chi connectivity index (χ4n) is 1.12. The molecule has 16 heavy (non-hydrogen) atoms. The molecule has 0 saturated carbocycles. The number of carboxylic acid groups (broad SMARTS) is 1. The Balaban J connectivity index is 3.53. The second-order valence-corrected chi connectivity index (χ2v) is 3.50. The van der Waals surface area contributed by atoms with Crippen LogP contribution in [0.3, 0.4) is 0 Å². The van der Waals surface area contributed by atoms with Gasteiger partial charge in [-0.25, -0.2) is 4.79 Å². The van der Waals surface area contributed by atoms with Crippen molar-refractivity contribution in [2.75, 3.05) is 33.9 Å². The van der Waals surface area contributed by atoms with Gasteiger partial charge in [-0.1, -0.05) is 0 Å². The molecule has 0 heterocycles. The monoisotopic (exact) mass is 232 g/mol. The predicted molar refractivity (Wildman–Crippen MR) is 59.4 cm³/mol. The van der Waals surface area contributed by atoms with Crippen LogP contribution in [0.1, 0.15) is 19.3 Å². The van der Waals surface area contributed by atoms with Crippen LogP contribution < -0.4 is 5.32 Å². The Bertz CT molecular complexity index is 221. The molecule has 0 aromatic carbocycles. The number of methoxy groups -OCH3 is 1. The van der Waals surface area contributed by atoms with Crippen LogP contribution in [-0.4, -0.2) is 55.9 Å². The number of ether oxygens (including phenoxy) is 1. The van der Waals surface area contributed by atoms with E-state index in [0.717, 1.165) is 6.42 Å². The number of carboxylic acids is 1. The number of nitrogens with zero attached hydrogens (tertiary/aromatic N) is 1. The minimum Gasteiger partial charge on any atom is -0.481 e. The van der Waals surface area contributed by atoms with Gasteiger partial charge in [0.25, 0.3) is 0 Å². The molecule has 0 saturated heterocycles. The first kappa shape index (κ1) is 14.7. The van der Waals surface area contributed by atoms with E-state index in [-0.39, 0.29) is 12.5 Å². The van der Waals surface area contributed by atoms with Crippen molar-refractivity contribution in [2.24, 2.45) is 0 Å². The van der Waals surface area contributed by atoms with Crippen molar-refractivity contribution < 1.29 is 19.4 Å². The zero-order valence-corrected chi connectivity index (χ0v) is 9.86. The Labute approximate surface area is 95.6 Å². The second-order valence-electron chi connectivity index (χ2n) is 3.50. The molecule has 0 fully saturated rings. The number of carbonyl (C=O) groups is 2. The van der Waals surface area contributed by atoms with Crippen LogP contribution in [0.25, 0.3) is 0 Å². The van der Waals surface area contributed by atoms with E-state index in [2.05, 4.69) is 5.32 Å². The van der Waals surface area contributed by atoms with Gasteiger partial charge in [0.15, 0.2) is 0 Å². The molecule has 0 aliphatic rings. The lowest BCUT2D eigenvalue weighted by Crippen LogP contribution is -2.38. The van der Waals surface area contributed by atoms with Gasteiger partial charge in [-0.05, 0) is 12.8 Å². The van der Waals surface area contributed by atoms with Crippen LogP contribution in [-0.2, 0) is 9.53 Å². The van der Waals surface area contributed by atoms with E-state index in [9.17, 15) is 9.59 Å². The van der Waals surface area contributed by atoms with Gasteiger partial charge in [-0.3, -0.25) is 4.79 Å². The Morgan fingerprint density at radius 1 is 1.38 bits per heavy atom. The molecule has 94 valence electrons. The fraction of sp³-hybridized carbons (Fsp3) is 0.800. The molecule has 0 bridgehead atoms. The van der Waals surface area contributed by atoms with Gasteiger partial charge in [-0.2, -0.15) is 0 Å². The maximum atomic E-state index is 11.4. The van der Waals surface area contributed by atoms with Crippen LogP contribution >= 0.6 is 0 Å². The molecule has 2 amide bonds. The Kier molecular flexibility index (Phi) is 8.24. The molecule has 2 N–H and O–H groups in total. The van der Waals surface area contributed by atoms with E-state index in [1.807, 2.05) is 0 Å². The molecule has 0 unspecified atom stereocenters. The first-order chi connectivity index (χ1) is 7.57. The first-order valence-electron chi connectivity index (χ1n) is 5.27. The number of nitrogens with one attached hydrogen (secondary N) is 1. The highest BCUT2D eigenvalue weighted by Gasteiger charge is 2.07. The van der Waals surface area contributed by atoms with Crippen LogP contribution in [0.2, 0.25) is 0 Å². The smallest absolute Gasteiger partial charge is 0.317 e. The Morgan fingerprint density at radius 2 is 2.06 bits per heavy atom. The normalized spacial score (nSPS) is 9.88. The third kappa shape index (κ3) is 8.05. The molecule has 0 atom stereocenters. The maximum absolute atomic E-state index is 11.4. The van der Waals surface area contributed by atoms with Crippen LogP contribution in [0.4, 0.5) is 4.79 Å². The van der Waals surface area contributed by atoms with Crippen LogP contribution in [0.5, 0.6) is 0 Å². The summed E-state index contributed by atoms with van der Waals surface area (Å²) in [6.45, 7) is 1.63. The number of aliphatic carboxylic acids is 1. The van der Waals surface area contributed by atoms with E-state index in [0.29, 0.717) is 26.1 Å². The molecule has 0 rings (SSSR count). The van der Waals surface area contributed by atoms with Crippen molar-refractivity contribution in [2.45, 2.75) is 19.3 Å². The number of hydrogen-bond donors (Lipinski definition) is 2. The molecule has 6 nitrogen and oxygen atoms in total. The molecule has 0 aromatic rings.